The number of piperidine rings is 1. The molecule has 2 aromatic carbocycles. The lowest BCUT2D eigenvalue weighted by atomic mass is 9.73. The average molecular weight is 1660 g/mol. The molecule has 4 rings (SSSR count). The summed E-state index contributed by atoms with van der Waals surface area (Å²) in [5, 5.41) is 17.4. The molecule has 2 fully saturated rings. The third-order valence-corrected chi connectivity index (χ3v) is 22.4. The smallest absolute Gasteiger partial charge is 0.331 e. The van der Waals surface area contributed by atoms with Gasteiger partial charge in [-0.3, -0.25) is 33.7 Å². The summed E-state index contributed by atoms with van der Waals surface area (Å²) >= 11 is 0. The lowest BCUT2D eigenvalue weighted by molar-refractivity contribution is -0.164. The van der Waals surface area contributed by atoms with Crippen molar-refractivity contribution in [3.8, 4) is 0 Å². The number of carbonyl (C=O) groups excluding carboxylic acids is 8. The molecule has 1 saturated heterocycles. The molecule has 19 heteroatoms. The maximum Gasteiger partial charge on any atom is 0.331 e. The molecule has 1 saturated carbocycles. The maximum absolute atomic E-state index is 12.8. The fourth-order valence-electron chi connectivity index (χ4n) is 15.4. The molecule has 0 spiro atoms. The quantitative estimate of drug-likeness (QED) is 0.0270. The van der Waals surface area contributed by atoms with Crippen molar-refractivity contribution in [2.24, 2.45) is 11.8 Å². The summed E-state index contributed by atoms with van der Waals surface area (Å²) in [5.74, 6) is -4.14. The molecule has 672 valence electrons. The molecule has 0 bridgehead atoms. The third kappa shape index (κ3) is 58.8. The molecule has 118 heavy (non-hydrogen) atoms. The number of aliphatic carboxylic acids is 2. The summed E-state index contributed by atoms with van der Waals surface area (Å²) in [7, 11) is 0. The summed E-state index contributed by atoms with van der Waals surface area (Å²) in [5.41, 5.74) is 7.52. The number of carboxylic acids is 2. The van der Waals surface area contributed by atoms with Gasteiger partial charge in [0, 0.05) is 68.7 Å². The number of benzene rings is 2. The molecule has 2 aromatic rings. The van der Waals surface area contributed by atoms with E-state index in [1.165, 1.54) is 232 Å². The predicted octanol–water partition coefficient (Wildman–Crippen LogP) is 23.6. The molecule has 1 heterocycles. The fourth-order valence-corrected chi connectivity index (χ4v) is 15.4. The first-order valence-corrected chi connectivity index (χ1v) is 46.8. The minimum absolute atomic E-state index is 0.155. The molecule has 1 aliphatic heterocycles. The van der Waals surface area contributed by atoms with Crippen molar-refractivity contribution >= 4 is 59.3 Å². The van der Waals surface area contributed by atoms with Crippen molar-refractivity contribution < 1.29 is 86.6 Å². The van der Waals surface area contributed by atoms with Gasteiger partial charge in [-0.25, -0.2) is 19.2 Å². The van der Waals surface area contributed by atoms with Crippen LogP contribution in [0.5, 0.6) is 0 Å². The SMILES string of the molecule is CCCC1CCCC[C@H]1C(=O)Cc1c(C)cccc1C.CCCCCCCCCCCC(=O)OCC(COC(=O)CCCCCCCCCCC)OC(=O)/C=C/C(=O)O.CCCCCCCCCCCC(=O)OCC(COC(=O)CCCCCCCCCCC)OC(=O)/C=C/C(=O)O.CCCN1CCCC[C@H]1C(=O)Cc1c(C)cccc1C. The highest BCUT2D eigenvalue weighted by Gasteiger charge is 2.31. The van der Waals surface area contributed by atoms with E-state index in [4.69, 9.17) is 38.6 Å². The maximum atomic E-state index is 12.8. The number of unbranched alkanes of at least 4 members (excludes halogenated alkanes) is 32. The van der Waals surface area contributed by atoms with Gasteiger partial charge >= 0.3 is 47.8 Å². The molecule has 1 unspecified atom stereocenters. The minimum atomic E-state index is -1.29. The van der Waals surface area contributed by atoms with E-state index >= 15 is 0 Å². The van der Waals surface area contributed by atoms with Gasteiger partial charge in [-0.15, -0.1) is 0 Å². The fraction of sp³-hybridized carbons (Fsp3) is 0.737. The summed E-state index contributed by atoms with van der Waals surface area (Å²) in [6, 6.07) is 12.8. The van der Waals surface area contributed by atoms with Gasteiger partial charge in [0.25, 0.3) is 0 Å². The van der Waals surface area contributed by atoms with E-state index in [0.29, 0.717) is 48.4 Å². The standard InChI is InChI=1S/2C31H54O8.C19H28O.C18H27NO/c2*1-3-5-7-9-11-13-15-17-19-21-29(34)37-25-27(39-31(36)24-23-28(32)33)26-38-30(35)22-20-18-16-14-12-10-8-6-4-2;1-4-8-16-11-5-6-12-17(16)19(20)13-18-14(2)9-7-10-15(18)3;1-4-11-19-12-6-5-10-17(19)18(20)13-16-14(2)8-7-9-15(16)3/h2*23-24,27H,3-22,25-26H2,1-2H3,(H,32,33);7,9-10,16-17H,4-6,8,11-13H2,1-3H3;7-9,17H,4-6,10-13H2,1-3H3/b2*24-23+;;/t;;16?,17-;17-/m..10/s1. The second-order valence-electron chi connectivity index (χ2n) is 33.0. The van der Waals surface area contributed by atoms with E-state index in [2.05, 4.69) is 111 Å². The third-order valence-electron chi connectivity index (χ3n) is 22.4. The van der Waals surface area contributed by atoms with Crippen molar-refractivity contribution in [3.05, 3.63) is 94.1 Å². The monoisotopic (exact) mass is 1650 g/mol. The van der Waals surface area contributed by atoms with Gasteiger partial charge < -0.3 is 38.6 Å². The zero-order valence-electron chi connectivity index (χ0n) is 75.5. The molecule has 3 atom stereocenters. The molecule has 0 radical (unpaired) electrons. The van der Waals surface area contributed by atoms with Gasteiger partial charge in [-0.05, 0) is 138 Å². The zero-order chi connectivity index (χ0) is 87.0. The van der Waals surface area contributed by atoms with Crippen LogP contribution in [0.1, 0.15) is 396 Å². The van der Waals surface area contributed by atoms with Crippen molar-refractivity contribution in [3.63, 3.8) is 0 Å². The van der Waals surface area contributed by atoms with E-state index in [9.17, 15) is 47.9 Å². The van der Waals surface area contributed by atoms with Crippen LogP contribution >= 0.6 is 0 Å². The van der Waals surface area contributed by atoms with Gasteiger partial charge in [0.05, 0.1) is 6.04 Å². The van der Waals surface area contributed by atoms with Crippen LogP contribution in [0, 0.1) is 39.5 Å². The van der Waals surface area contributed by atoms with E-state index < -0.39 is 60.0 Å². The van der Waals surface area contributed by atoms with Crippen LogP contribution in [-0.4, -0.2) is 132 Å². The normalized spacial score (nSPS) is 14.6. The largest absolute Gasteiger partial charge is 0.478 e. The van der Waals surface area contributed by atoms with Crippen LogP contribution in [0.15, 0.2) is 60.7 Å². The second-order valence-corrected chi connectivity index (χ2v) is 33.0. The van der Waals surface area contributed by atoms with E-state index in [1.54, 1.807) is 0 Å². The van der Waals surface area contributed by atoms with Crippen molar-refractivity contribution in [1.29, 1.82) is 0 Å². The first-order chi connectivity index (χ1) is 57.0. The number of likely N-dealkylation sites (tertiary alicyclic amines) is 1. The Morgan fingerprint density at radius 1 is 0.364 bits per heavy atom. The second kappa shape index (κ2) is 73.9. The molecule has 0 aromatic heterocycles. The molecule has 2 N–H and O–H groups in total. The average Bonchev–Trinajstić information content (AvgIpc) is 0.843. The highest BCUT2D eigenvalue weighted by Crippen LogP contribution is 2.35. The van der Waals surface area contributed by atoms with Crippen molar-refractivity contribution in [2.75, 3.05) is 39.5 Å². The number of ketones is 2. The minimum Gasteiger partial charge on any atom is -0.478 e. The first-order valence-electron chi connectivity index (χ1n) is 46.8. The Morgan fingerprint density at radius 3 is 0.966 bits per heavy atom. The number of rotatable bonds is 64. The number of ether oxygens (including phenoxy) is 6. The van der Waals surface area contributed by atoms with Gasteiger partial charge in [-0.1, -0.05) is 316 Å². The molecule has 19 nitrogen and oxygen atoms in total. The van der Waals surface area contributed by atoms with Crippen LogP contribution in [0.2, 0.25) is 0 Å². The molecule has 0 amide bonds. The molecular weight excluding hydrogens is 1490 g/mol. The lowest BCUT2D eigenvalue weighted by Crippen LogP contribution is -2.45. The van der Waals surface area contributed by atoms with Crippen molar-refractivity contribution in [2.45, 2.75) is 421 Å². The van der Waals surface area contributed by atoms with E-state index in [-0.39, 0.29) is 58.2 Å². The van der Waals surface area contributed by atoms with Gasteiger partial charge in [-0.2, -0.15) is 0 Å². The molecular formula is C99H163NO18. The number of hydrogen-bond donors (Lipinski definition) is 2. The Hall–Kier alpha value is -7.02. The Morgan fingerprint density at radius 2 is 0.661 bits per heavy atom. The highest BCUT2D eigenvalue weighted by atomic mass is 16.6. The van der Waals surface area contributed by atoms with Crippen LogP contribution in [0.25, 0.3) is 0 Å². The topological polar surface area (TPSA) is 270 Å². The summed E-state index contributed by atoms with van der Waals surface area (Å²) in [4.78, 5) is 121. The number of nitrogens with zero attached hydrogens (tertiary/aromatic N) is 1. The molecule has 2 aliphatic rings. The number of carboxylic acid groups (broad SMARTS) is 2. The van der Waals surface area contributed by atoms with E-state index in [0.717, 1.165) is 122 Å². The number of Topliss-reactive ketones (excluding diaryl/α,β-unsaturated/α-hetero) is 2. The highest BCUT2D eigenvalue weighted by molar-refractivity contribution is 5.91. The summed E-state index contributed by atoms with van der Waals surface area (Å²) in [6.07, 6.45) is 56.2. The Balaban J connectivity index is 0.000000820. The Kier molecular flexibility index (Phi) is 68.2. The summed E-state index contributed by atoms with van der Waals surface area (Å²) in [6.45, 7) is 22.8. The summed E-state index contributed by atoms with van der Waals surface area (Å²) < 4.78 is 31.3. The number of carbonyl (C=O) groups is 10. The number of aryl methyl sites for hydroxylation is 4. The van der Waals surface area contributed by atoms with Crippen LogP contribution in [0.3, 0.4) is 0 Å². The van der Waals surface area contributed by atoms with Crippen LogP contribution in [-0.2, 0) is 89.2 Å². The zero-order valence-corrected chi connectivity index (χ0v) is 75.5. The van der Waals surface area contributed by atoms with Crippen molar-refractivity contribution in [1.82, 2.24) is 4.90 Å². The first kappa shape index (κ1) is 109. The Labute approximate surface area is 714 Å². The number of esters is 6. The molecule has 1 aliphatic carbocycles. The number of hydrogen-bond acceptors (Lipinski definition) is 17. The van der Waals surface area contributed by atoms with E-state index in [1.807, 2.05) is 0 Å². The predicted molar refractivity (Wildman–Crippen MR) is 474 cm³/mol. The van der Waals surface area contributed by atoms with Gasteiger partial charge in [0.1, 0.15) is 32.2 Å². The van der Waals surface area contributed by atoms with Crippen LogP contribution < -0.4 is 0 Å². The van der Waals surface area contributed by atoms with Gasteiger partial charge in [0.2, 0.25) is 0 Å². The van der Waals surface area contributed by atoms with Crippen LogP contribution in [0.4, 0.5) is 0 Å². The Bertz CT molecular complexity index is 2760. The lowest BCUT2D eigenvalue weighted by Gasteiger charge is -2.34. The van der Waals surface area contributed by atoms with Gasteiger partial charge in [0.15, 0.2) is 18.0 Å².